The Morgan fingerprint density at radius 2 is 1.94 bits per heavy atom. The Kier molecular flexibility index (Phi) is 3.95. The van der Waals surface area contributed by atoms with Crippen LogP contribution >= 0.6 is 0 Å². The molecular formula is C15H18N2O. The summed E-state index contributed by atoms with van der Waals surface area (Å²) in [6.07, 6.45) is 0.682. The molecular weight excluding hydrogens is 224 g/mol. The van der Waals surface area contributed by atoms with Gasteiger partial charge in [-0.1, -0.05) is 42.5 Å². The van der Waals surface area contributed by atoms with Gasteiger partial charge in [0.05, 0.1) is 5.92 Å². The van der Waals surface area contributed by atoms with Crippen molar-refractivity contribution >= 4 is 16.7 Å². The van der Waals surface area contributed by atoms with Gasteiger partial charge in [-0.05, 0) is 22.8 Å². The highest BCUT2D eigenvalue weighted by Gasteiger charge is 2.15. The van der Waals surface area contributed by atoms with Gasteiger partial charge in [0, 0.05) is 13.6 Å². The third-order valence-corrected chi connectivity index (χ3v) is 3.20. The zero-order valence-corrected chi connectivity index (χ0v) is 10.5. The van der Waals surface area contributed by atoms with Crippen molar-refractivity contribution in [2.24, 2.45) is 11.7 Å². The first kappa shape index (κ1) is 12.6. The second-order valence-electron chi connectivity index (χ2n) is 4.43. The fourth-order valence-electron chi connectivity index (χ4n) is 2.14. The minimum atomic E-state index is -0.156. The molecule has 3 N–H and O–H groups in total. The Labute approximate surface area is 107 Å². The maximum absolute atomic E-state index is 11.6. The van der Waals surface area contributed by atoms with Crippen LogP contribution in [0.4, 0.5) is 0 Å². The number of carbonyl (C=O) groups excluding carboxylic acids is 1. The van der Waals surface area contributed by atoms with Crippen molar-refractivity contribution in [1.29, 1.82) is 0 Å². The lowest BCUT2D eigenvalue weighted by Gasteiger charge is -2.13. The van der Waals surface area contributed by atoms with Crippen molar-refractivity contribution < 1.29 is 4.79 Å². The van der Waals surface area contributed by atoms with Crippen LogP contribution in [0.1, 0.15) is 5.56 Å². The van der Waals surface area contributed by atoms with E-state index < -0.39 is 0 Å². The molecule has 2 aromatic rings. The summed E-state index contributed by atoms with van der Waals surface area (Å²) in [7, 11) is 1.64. The van der Waals surface area contributed by atoms with E-state index in [9.17, 15) is 4.79 Å². The second kappa shape index (κ2) is 5.65. The number of hydrogen-bond acceptors (Lipinski definition) is 2. The number of benzene rings is 2. The Bertz CT molecular complexity index is 551. The summed E-state index contributed by atoms with van der Waals surface area (Å²) in [5.41, 5.74) is 6.79. The summed E-state index contributed by atoms with van der Waals surface area (Å²) in [4.78, 5) is 11.6. The molecule has 0 fully saturated rings. The van der Waals surface area contributed by atoms with Gasteiger partial charge in [-0.25, -0.2) is 0 Å². The summed E-state index contributed by atoms with van der Waals surface area (Å²) in [5.74, 6) is -0.151. The molecule has 0 heterocycles. The van der Waals surface area contributed by atoms with Gasteiger partial charge in [0.2, 0.25) is 5.91 Å². The van der Waals surface area contributed by atoms with Crippen LogP contribution < -0.4 is 11.1 Å². The summed E-state index contributed by atoms with van der Waals surface area (Å²) in [6.45, 7) is 0.368. The van der Waals surface area contributed by atoms with Crippen molar-refractivity contribution in [2.75, 3.05) is 13.6 Å². The standard InChI is InChI=1S/C15H18N2O/c1-17-15(18)14(10-16)9-11-6-7-12-4-2-3-5-13(12)8-11/h2-8,14H,9-10,16H2,1H3,(H,17,18). The van der Waals surface area contributed by atoms with E-state index in [1.807, 2.05) is 12.1 Å². The number of nitrogens with two attached hydrogens (primary N) is 1. The third kappa shape index (κ3) is 2.68. The van der Waals surface area contributed by atoms with E-state index >= 15 is 0 Å². The molecule has 2 aromatic carbocycles. The Hall–Kier alpha value is -1.87. The maximum atomic E-state index is 11.6. The first-order chi connectivity index (χ1) is 8.74. The van der Waals surface area contributed by atoms with Gasteiger partial charge >= 0.3 is 0 Å². The topological polar surface area (TPSA) is 55.1 Å². The first-order valence-electron chi connectivity index (χ1n) is 6.14. The Balaban J connectivity index is 2.23. The predicted molar refractivity (Wildman–Crippen MR) is 74.3 cm³/mol. The molecule has 0 spiro atoms. The summed E-state index contributed by atoms with van der Waals surface area (Å²) >= 11 is 0. The molecule has 3 nitrogen and oxygen atoms in total. The van der Waals surface area contributed by atoms with Crippen molar-refractivity contribution in [3.05, 3.63) is 48.0 Å². The molecule has 0 aliphatic carbocycles. The molecule has 1 atom stereocenters. The molecule has 0 radical (unpaired) electrons. The van der Waals surface area contributed by atoms with E-state index in [1.165, 1.54) is 10.8 Å². The highest BCUT2D eigenvalue weighted by atomic mass is 16.1. The van der Waals surface area contributed by atoms with Crippen LogP contribution in [0.5, 0.6) is 0 Å². The summed E-state index contributed by atoms with van der Waals surface area (Å²) in [5, 5.41) is 5.06. The van der Waals surface area contributed by atoms with E-state index in [0.717, 1.165) is 5.56 Å². The SMILES string of the molecule is CNC(=O)C(CN)Cc1ccc2ccccc2c1. The number of rotatable bonds is 4. The van der Waals surface area contributed by atoms with Crippen LogP contribution in [-0.4, -0.2) is 19.5 Å². The zero-order chi connectivity index (χ0) is 13.0. The monoisotopic (exact) mass is 242 g/mol. The highest BCUT2D eigenvalue weighted by Crippen LogP contribution is 2.17. The average Bonchev–Trinajstić information content (AvgIpc) is 2.43. The lowest BCUT2D eigenvalue weighted by molar-refractivity contribution is -0.124. The van der Waals surface area contributed by atoms with E-state index in [2.05, 4.69) is 35.6 Å². The normalized spacial score (nSPS) is 12.3. The van der Waals surface area contributed by atoms with Gasteiger partial charge in [0.15, 0.2) is 0 Å². The van der Waals surface area contributed by atoms with Crippen molar-refractivity contribution in [3.63, 3.8) is 0 Å². The quantitative estimate of drug-likeness (QED) is 0.857. The molecule has 0 bridgehead atoms. The minimum absolute atomic E-state index is 0.00524. The van der Waals surface area contributed by atoms with Gasteiger partial charge in [-0.15, -0.1) is 0 Å². The number of nitrogens with one attached hydrogen (secondary N) is 1. The van der Waals surface area contributed by atoms with Gasteiger partial charge < -0.3 is 11.1 Å². The molecule has 0 aliphatic heterocycles. The minimum Gasteiger partial charge on any atom is -0.359 e. The molecule has 18 heavy (non-hydrogen) atoms. The van der Waals surface area contributed by atoms with Crippen LogP contribution in [0.25, 0.3) is 10.8 Å². The average molecular weight is 242 g/mol. The van der Waals surface area contributed by atoms with Crippen LogP contribution in [0, 0.1) is 5.92 Å². The Morgan fingerprint density at radius 1 is 1.22 bits per heavy atom. The van der Waals surface area contributed by atoms with E-state index in [1.54, 1.807) is 7.05 Å². The third-order valence-electron chi connectivity index (χ3n) is 3.20. The number of fused-ring (bicyclic) bond motifs is 1. The molecule has 3 heteroatoms. The molecule has 0 aromatic heterocycles. The van der Waals surface area contributed by atoms with Crippen LogP contribution in [-0.2, 0) is 11.2 Å². The number of hydrogen-bond donors (Lipinski definition) is 2. The zero-order valence-electron chi connectivity index (χ0n) is 10.5. The molecule has 0 aliphatic rings. The molecule has 2 rings (SSSR count). The van der Waals surface area contributed by atoms with Crippen LogP contribution in [0.2, 0.25) is 0 Å². The van der Waals surface area contributed by atoms with E-state index in [0.29, 0.717) is 13.0 Å². The van der Waals surface area contributed by atoms with Crippen molar-refractivity contribution in [3.8, 4) is 0 Å². The van der Waals surface area contributed by atoms with Crippen molar-refractivity contribution in [1.82, 2.24) is 5.32 Å². The largest absolute Gasteiger partial charge is 0.359 e. The fourth-order valence-corrected chi connectivity index (χ4v) is 2.14. The van der Waals surface area contributed by atoms with Gasteiger partial charge in [0.1, 0.15) is 0 Å². The molecule has 94 valence electrons. The Morgan fingerprint density at radius 3 is 2.61 bits per heavy atom. The fraction of sp³-hybridized carbons (Fsp3) is 0.267. The van der Waals surface area contributed by atoms with Crippen LogP contribution in [0.3, 0.4) is 0 Å². The second-order valence-corrected chi connectivity index (χ2v) is 4.43. The van der Waals surface area contributed by atoms with Gasteiger partial charge in [-0.2, -0.15) is 0 Å². The maximum Gasteiger partial charge on any atom is 0.224 e. The summed E-state index contributed by atoms with van der Waals surface area (Å²) in [6, 6.07) is 14.5. The lowest BCUT2D eigenvalue weighted by Crippen LogP contribution is -2.34. The number of amides is 1. The van der Waals surface area contributed by atoms with Gasteiger partial charge in [0.25, 0.3) is 0 Å². The molecule has 1 unspecified atom stereocenters. The van der Waals surface area contributed by atoms with Crippen LogP contribution in [0.15, 0.2) is 42.5 Å². The molecule has 0 saturated carbocycles. The van der Waals surface area contributed by atoms with Crippen molar-refractivity contribution in [2.45, 2.75) is 6.42 Å². The highest BCUT2D eigenvalue weighted by molar-refractivity contribution is 5.83. The first-order valence-corrected chi connectivity index (χ1v) is 6.14. The summed E-state index contributed by atoms with van der Waals surface area (Å²) < 4.78 is 0. The predicted octanol–water partition coefficient (Wildman–Crippen LogP) is 1.70. The molecule has 0 saturated heterocycles. The lowest BCUT2D eigenvalue weighted by atomic mass is 9.96. The van der Waals surface area contributed by atoms with E-state index in [-0.39, 0.29) is 11.8 Å². The van der Waals surface area contributed by atoms with E-state index in [4.69, 9.17) is 5.73 Å². The smallest absolute Gasteiger partial charge is 0.224 e. The van der Waals surface area contributed by atoms with Gasteiger partial charge in [-0.3, -0.25) is 4.79 Å². The number of carbonyl (C=O) groups is 1. The molecule has 1 amide bonds.